The third kappa shape index (κ3) is 7.69. The Morgan fingerprint density at radius 3 is 2.16 bits per heavy atom. The smallest absolute Gasteiger partial charge is 0.306 e. The molecular formula is C32H47NO9Si. The van der Waals surface area contributed by atoms with E-state index in [-0.39, 0.29) is 53.9 Å². The molecule has 0 aliphatic carbocycles. The van der Waals surface area contributed by atoms with Gasteiger partial charge in [0.15, 0.2) is 20.7 Å². The molecule has 1 N–H and O–H groups in total. The van der Waals surface area contributed by atoms with Gasteiger partial charge in [0, 0.05) is 17.6 Å². The maximum atomic E-state index is 13.5. The van der Waals surface area contributed by atoms with Gasteiger partial charge in [-0.2, -0.15) is 0 Å². The number of benzene rings is 1. The van der Waals surface area contributed by atoms with Crippen LogP contribution in [0.4, 0.5) is 0 Å². The summed E-state index contributed by atoms with van der Waals surface area (Å²) in [5.41, 5.74) is 1.43. The van der Waals surface area contributed by atoms with Gasteiger partial charge in [-0.05, 0) is 50.4 Å². The lowest BCUT2D eigenvalue weighted by Gasteiger charge is -2.51. The van der Waals surface area contributed by atoms with Crippen LogP contribution in [0.25, 0.3) is 0 Å². The Hall–Kier alpha value is -2.70. The summed E-state index contributed by atoms with van der Waals surface area (Å²) in [5.74, 6) is -1.84. The molecule has 2 amide bonds. The normalized spacial score (nSPS) is 25.1. The number of esters is 1. The van der Waals surface area contributed by atoms with Crippen LogP contribution >= 0.6 is 0 Å². The molecule has 1 aromatic carbocycles. The fraction of sp³-hybridized carbons (Fsp3) is 0.625. The zero-order valence-corrected chi connectivity index (χ0v) is 27.8. The number of nitrogens with zero attached hydrogens (tertiary/aromatic N) is 1. The van der Waals surface area contributed by atoms with Crippen LogP contribution in [0.3, 0.4) is 0 Å². The quantitative estimate of drug-likeness (QED) is 0.196. The lowest BCUT2D eigenvalue weighted by atomic mass is 9.95. The lowest BCUT2D eigenvalue weighted by Crippen LogP contribution is -2.68. The summed E-state index contributed by atoms with van der Waals surface area (Å²) in [7, 11) is -2.68. The maximum Gasteiger partial charge on any atom is 0.306 e. The molecule has 0 aromatic heterocycles. The molecule has 0 radical (unpaired) electrons. The van der Waals surface area contributed by atoms with Crippen LogP contribution in [0.1, 0.15) is 66.9 Å². The number of carbonyl (C=O) groups excluding carboxylic acids is 4. The highest BCUT2D eigenvalue weighted by atomic mass is 28.4. The number of Topliss-reactive ketones (excluding diaryl/α,β-unsaturated/α-hetero) is 1. The SMILES string of the molecule is CC(=O)CCC(=O)O[C@H]1[C@H](O)[C@@H](COCc2ccccc2)O[C@@H](O[Si](C)(C)C(C)(C)C(C)C)[C@@H]1N1C(=O)C(C)=C(C)C1=O. The van der Waals surface area contributed by atoms with Gasteiger partial charge in [-0.25, -0.2) is 0 Å². The van der Waals surface area contributed by atoms with Crippen molar-refractivity contribution in [2.24, 2.45) is 5.92 Å². The Balaban J connectivity index is 2.03. The number of ketones is 1. The number of amides is 2. The Bertz CT molecular complexity index is 1200. The summed E-state index contributed by atoms with van der Waals surface area (Å²) in [6.07, 6.45) is -5.34. The first kappa shape index (κ1) is 34.8. The van der Waals surface area contributed by atoms with Gasteiger partial charge in [-0.1, -0.05) is 58.0 Å². The highest BCUT2D eigenvalue weighted by Crippen LogP contribution is 2.46. The lowest BCUT2D eigenvalue weighted by molar-refractivity contribution is -0.269. The van der Waals surface area contributed by atoms with Crippen molar-refractivity contribution in [1.82, 2.24) is 4.90 Å². The molecule has 238 valence electrons. The van der Waals surface area contributed by atoms with Crippen molar-refractivity contribution >= 4 is 31.9 Å². The second-order valence-corrected chi connectivity index (χ2v) is 17.5. The third-order valence-electron chi connectivity index (χ3n) is 9.33. The van der Waals surface area contributed by atoms with E-state index in [1.54, 1.807) is 13.8 Å². The van der Waals surface area contributed by atoms with Crippen LogP contribution < -0.4 is 0 Å². The first-order valence-electron chi connectivity index (χ1n) is 14.9. The molecule has 10 nitrogen and oxygen atoms in total. The van der Waals surface area contributed by atoms with Crippen LogP contribution in [-0.4, -0.2) is 79.1 Å². The van der Waals surface area contributed by atoms with Crippen LogP contribution in [0, 0.1) is 5.92 Å². The topological polar surface area (TPSA) is 129 Å². The van der Waals surface area contributed by atoms with Crippen molar-refractivity contribution in [3.8, 4) is 0 Å². The average Bonchev–Trinajstić information content (AvgIpc) is 3.12. The van der Waals surface area contributed by atoms with Gasteiger partial charge < -0.3 is 28.5 Å². The molecule has 2 aliphatic rings. The summed E-state index contributed by atoms with van der Waals surface area (Å²) in [5, 5.41) is 11.3. The van der Waals surface area contributed by atoms with Gasteiger partial charge in [-0.15, -0.1) is 0 Å². The van der Waals surface area contributed by atoms with E-state index in [9.17, 15) is 24.3 Å². The van der Waals surface area contributed by atoms with E-state index >= 15 is 0 Å². The summed E-state index contributed by atoms with van der Waals surface area (Å²) >= 11 is 0. The molecule has 11 heteroatoms. The van der Waals surface area contributed by atoms with Crippen molar-refractivity contribution in [2.75, 3.05) is 6.61 Å². The number of hydrogen-bond donors (Lipinski definition) is 1. The highest BCUT2D eigenvalue weighted by molar-refractivity contribution is 6.74. The van der Waals surface area contributed by atoms with E-state index in [2.05, 4.69) is 27.7 Å². The van der Waals surface area contributed by atoms with E-state index in [0.717, 1.165) is 10.5 Å². The number of rotatable bonds is 13. The van der Waals surface area contributed by atoms with Gasteiger partial charge >= 0.3 is 5.97 Å². The van der Waals surface area contributed by atoms with E-state index in [1.165, 1.54) is 6.92 Å². The molecule has 2 heterocycles. The van der Waals surface area contributed by atoms with Crippen LogP contribution in [0.15, 0.2) is 41.5 Å². The predicted molar refractivity (Wildman–Crippen MR) is 162 cm³/mol. The molecular weight excluding hydrogens is 570 g/mol. The van der Waals surface area contributed by atoms with Crippen LogP contribution in [0.2, 0.25) is 18.1 Å². The molecule has 3 rings (SSSR count). The van der Waals surface area contributed by atoms with Gasteiger partial charge in [0.2, 0.25) is 0 Å². The zero-order chi connectivity index (χ0) is 32.3. The number of carbonyl (C=O) groups is 4. The monoisotopic (exact) mass is 617 g/mol. The maximum absolute atomic E-state index is 13.5. The fourth-order valence-electron chi connectivity index (χ4n) is 5.08. The summed E-state index contributed by atoms with van der Waals surface area (Å²) < 4.78 is 24.9. The predicted octanol–water partition coefficient (Wildman–Crippen LogP) is 4.30. The van der Waals surface area contributed by atoms with Gasteiger partial charge in [-0.3, -0.25) is 19.3 Å². The third-order valence-corrected chi connectivity index (χ3v) is 13.8. The van der Waals surface area contributed by atoms with E-state index in [1.807, 2.05) is 43.4 Å². The Morgan fingerprint density at radius 2 is 1.63 bits per heavy atom. The molecule has 0 spiro atoms. The number of aliphatic hydroxyl groups excluding tert-OH is 1. The number of hydrogen-bond acceptors (Lipinski definition) is 9. The van der Waals surface area contributed by atoms with Crippen molar-refractivity contribution in [3.63, 3.8) is 0 Å². The Kier molecular flexibility index (Phi) is 11.3. The minimum Gasteiger partial charge on any atom is -0.457 e. The molecule has 1 fully saturated rings. The standard InChI is InChI=1S/C32H47NO9Si/c1-19(2)32(6,7)43(8,9)42-31-26(33-29(37)21(4)22(5)30(33)38)28(41-25(35)16-15-20(3)34)27(36)24(40-31)18-39-17-23-13-11-10-12-14-23/h10-14,19,24,26-28,31,36H,15-18H2,1-9H3/t24-,26-,27-,28-,31+/m1/s1. The molecule has 43 heavy (non-hydrogen) atoms. The molecule has 1 aromatic rings. The molecule has 0 bridgehead atoms. The van der Waals surface area contributed by atoms with Crippen molar-refractivity contribution in [1.29, 1.82) is 0 Å². The van der Waals surface area contributed by atoms with Crippen molar-refractivity contribution in [2.45, 2.75) is 117 Å². The largest absolute Gasteiger partial charge is 0.457 e. The Labute approximate surface area is 255 Å². The first-order chi connectivity index (χ1) is 20.0. The number of ether oxygens (including phenoxy) is 3. The van der Waals surface area contributed by atoms with Crippen LogP contribution in [0.5, 0.6) is 0 Å². The van der Waals surface area contributed by atoms with Crippen LogP contribution in [-0.2, 0) is 44.4 Å². The highest BCUT2D eigenvalue weighted by Gasteiger charge is 2.57. The molecule has 0 unspecified atom stereocenters. The number of aliphatic hydroxyl groups is 1. The minimum absolute atomic E-state index is 0.0454. The molecule has 1 saturated heterocycles. The fourth-order valence-corrected chi connectivity index (χ4v) is 7.55. The number of imide groups is 1. The van der Waals surface area contributed by atoms with E-state index < -0.39 is 56.7 Å². The zero-order valence-electron chi connectivity index (χ0n) is 26.8. The first-order valence-corrected chi connectivity index (χ1v) is 17.8. The summed E-state index contributed by atoms with van der Waals surface area (Å²) in [6.45, 7) is 17.2. The van der Waals surface area contributed by atoms with Crippen molar-refractivity contribution < 1.29 is 42.9 Å². The molecule has 5 atom stereocenters. The molecule has 0 saturated carbocycles. The summed E-state index contributed by atoms with van der Waals surface area (Å²) in [6, 6.07) is 8.22. The van der Waals surface area contributed by atoms with Crippen molar-refractivity contribution in [3.05, 3.63) is 47.0 Å². The summed E-state index contributed by atoms with van der Waals surface area (Å²) in [4.78, 5) is 52.5. The van der Waals surface area contributed by atoms with E-state index in [4.69, 9.17) is 18.6 Å². The second kappa shape index (κ2) is 13.9. The van der Waals surface area contributed by atoms with E-state index in [0.29, 0.717) is 0 Å². The van der Waals surface area contributed by atoms with Gasteiger partial charge in [0.1, 0.15) is 24.0 Å². The van der Waals surface area contributed by atoms with Gasteiger partial charge in [0.05, 0.1) is 19.6 Å². The van der Waals surface area contributed by atoms with Gasteiger partial charge in [0.25, 0.3) is 11.8 Å². The minimum atomic E-state index is -2.68. The average molecular weight is 618 g/mol. The second-order valence-electron chi connectivity index (χ2n) is 12.9. The Morgan fingerprint density at radius 1 is 1.05 bits per heavy atom. The molecule has 2 aliphatic heterocycles.